The molecule has 3 nitrogen and oxygen atoms in total. The van der Waals surface area contributed by atoms with Gasteiger partial charge in [-0.05, 0) is 19.1 Å². The molecule has 0 atom stereocenters. The molecule has 1 aromatic rings. The quantitative estimate of drug-likeness (QED) is 0.541. The van der Waals surface area contributed by atoms with E-state index in [1.54, 1.807) is 24.3 Å². The van der Waals surface area contributed by atoms with Gasteiger partial charge in [-0.2, -0.15) is 0 Å². The first-order valence-electron chi connectivity index (χ1n) is 3.07. The van der Waals surface area contributed by atoms with Crippen LogP contribution in [0.2, 0.25) is 0 Å². The summed E-state index contributed by atoms with van der Waals surface area (Å²) in [6, 6.07) is 6.79. The third kappa shape index (κ3) is 4.03. The zero-order valence-corrected chi connectivity index (χ0v) is 8.18. The number of hydrogen-bond acceptors (Lipinski definition) is 3. The van der Waals surface area contributed by atoms with Gasteiger partial charge in [-0.3, -0.25) is 0 Å². The van der Waals surface area contributed by atoms with Crippen molar-refractivity contribution in [3.63, 3.8) is 0 Å². The van der Waals surface area contributed by atoms with Gasteiger partial charge in [0, 0.05) is 0 Å². The minimum absolute atomic E-state index is 0. The van der Waals surface area contributed by atoms with E-state index in [2.05, 4.69) is 4.52 Å². The smallest absolute Gasteiger partial charge is 0.810 e. The third-order valence-corrected chi connectivity index (χ3v) is 1.56. The Balaban J connectivity index is 0.00000121. The van der Waals surface area contributed by atoms with Crippen LogP contribution < -0.4 is 14.3 Å². The van der Waals surface area contributed by atoms with Crippen LogP contribution in [0, 0.1) is 6.92 Å². The summed E-state index contributed by atoms with van der Waals surface area (Å²) >= 11 is 0. The van der Waals surface area contributed by atoms with Crippen molar-refractivity contribution in [2.24, 2.45) is 0 Å². The van der Waals surface area contributed by atoms with Crippen molar-refractivity contribution in [1.82, 2.24) is 0 Å². The van der Waals surface area contributed by atoms with Crippen molar-refractivity contribution in [2.45, 2.75) is 6.92 Å². The van der Waals surface area contributed by atoms with E-state index in [-0.39, 0.29) is 16.5 Å². The molecule has 0 aromatic heterocycles. The molecular weight excluding hydrogens is 222 g/mol. The van der Waals surface area contributed by atoms with Gasteiger partial charge < -0.3 is 14.3 Å². The molecular formula is C7H7NiO3P. The zero-order valence-electron chi connectivity index (χ0n) is 6.30. The Hall–Kier alpha value is -0.136. The summed E-state index contributed by atoms with van der Waals surface area (Å²) < 4.78 is 4.42. The Morgan fingerprint density at radius 2 is 1.67 bits per heavy atom. The van der Waals surface area contributed by atoms with Crippen LogP contribution in [-0.4, -0.2) is 0 Å². The fourth-order valence-corrected chi connectivity index (χ4v) is 0.979. The molecule has 0 saturated carbocycles. The van der Waals surface area contributed by atoms with Gasteiger partial charge in [-0.25, -0.2) is 0 Å². The van der Waals surface area contributed by atoms with Crippen LogP contribution in [0.3, 0.4) is 0 Å². The van der Waals surface area contributed by atoms with Crippen molar-refractivity contribution in [2.75, 3.05) is 0 Å². The molecule has 0 fully saturated rings. The van der Waals surface area contributed by atoms with Gasteiger partial charge in [0.25, 0.3) is 0 Å². The fourth-order valence-electron chi connectivity index (χ4n) is 0.685. The van der Waals surface area contributed by atoms with Crippen molar-refractivity contribution in [3.05, 3.63) is 29.8 Å². The van der Waals surface area contributed by atoms with Gasteiger partial charge in [-0.15, -0.1) is 0 Å². The monoisotopic (exact) mass is 228 g/mol. The van der Waals surface area contributed by atoms with Gasteiger partial charge in [0.15, 0.2) is 0 Å². The molecule has 0 saturated heterocycles. The molecule has 0 aliphatic heterocycles. The molecule has 0 aliphatic rings. The molecule has 68 valence electrons. The molecule has 1 rings (SSSR count). The van der Waals surface area contributed by atoms with Gasteiger partial charge in [-0.1, -0.05) is 26.3 Å². The molecule has 0 heterocycles. The van der Waals surface area contributed by atoms with Gasteiger partial charge >= 0.3 is 16.5 Å². The second kappa shape index (κ2) is 5.50. The molecule has 0 amide bonds. The first-order chi connectivity index (χ1) is 5.18. The van der Waals surface area contributed by atoms with Crippen molar-refractivity contribution >= 4 is 8.60 Å². The van der Waals surface area contributed by atoms with E-state index in [0.717, 1.165) is 5.56 Å². The fraction of sp³-hybridized carbons (Fsp3) is 0.143. The molecule has 5 heteroatoms. The van der Waals surface area contributed by atoms with E-state index in [0.29, 0.717) is 5.75 Å². The number of benzene rings is 1. The summed E-state index contributed by atoms with van der Waals surface area (Å²) in [6.07, 6.45) is 0. The number of aryl methyl sites for hydroxylation is 1. The average Bonchev–Trinajstić information content (AvgIpc) is 1.93. The maximum Gasteiger partial charge on any atom is 2.00 e. The summed E-state index contributed by atoms with van der Waals surface area (Å²) in [6.45, 7) is 1.92. The van der Waals surface area contributed by atoms with E-state index in [9.17, 15) is 9.79 Å². The van der Waals surface area contributed by atoms with Crippen LogP contribution in [0.1, 0.15) is 5.56 Å². The first kappa shape index (κ1) is 11.9. The van der Waals surface area contributed by atoms with Crippen LogP contribution in [0.4, 0.5) is 0 Å². The van der Waals surface area contributed by atoms with Gasteiger partial charge in [0.1, 0.15) is 5.75 Å². The maximum atomic E-state index is 10.1. The summed E-state index contributed by atoms with van der Waals surface area (Å²) in [7, 11) is -2.79. The van der Waals surface area contributed by atoms with Crippen molar-refractivity contribution < 1.29 is 30.8 Å². The third-order valence-electron chi connectivity index (χ3n) is 1.20. The molecule has 0 spiro atoms. The zero-order chi connectivity index (χ0) is 8.27. The second-order valence-corrected chi connectivity index (χ2v) is 2.76. The minimum Gasteiger partial charge on any atom is -0.810 e. The van der Waals surface area contributed by atoms with Crippen LogP contribution in [-0.2, 0) is 16.5 Å². The summed E-state index contributed by atoms with van der Waals surface area (Å²) in [5, 5.41) is 0. The summed E-state index contributed by atoms with van der Waals surface area (Å²) in [5.41, 5.74) is 1.07. The van der Waals surface area contributed by atoms with E-state index >= 15 is 0 Å². The number of hydrogen-bond donors (Lipinski definition) is 0. The predicted molar refractivity (Wildman–Crippen MR) is 38.7 cm³/mol. The second-order valence-electron chi connectivity index (χ2n) is 2.13. The van der Waals surface area contributed by atoms with E-state index in [1.807, 2.05) is 6.92 Å². The Labute approximate surface area is 82.3 Å². The first-order valence-corrected chi connectivity index (χ1v) is 4.17. The van der Waals surface area contributed by atoms with E-state index < -0.39 is 8.60 Å². The maximum absolute atomic E-state index is 10.1. The molecule has 0 bridgehead atoms. The standard InChI is InChI=1S/C7H7O3P.Ni/c1-6-2-4-7(5-3-6)10-11(8)9;/h2-5H,1H3;/q-2;+2. The largest absolute Gasteiger partial charge is 2.00 e. The topological polar surface area (TPSA) is 55.3 Å². The Morgan fingerprint density at radius 1 is 1.17 bits per heavy atom. The molecule has 0 radical (unpaired) electrons. The molecule has 0 unspecified atom stereocenters. The Kier molecular flexibility index (Phi) is 5.44. The molecule has 12 heavy (non-hydrogen) atoms. The van der Waals surface area contributed by atoms with Gasteiger partial charge in [0.05, 0.1) is 0 Å². The summed E-state index contributed by atoms with van der Waals surface area (Å²) in [4.78, 5) is 20.1. The Morgan fingerprint density at radius 3 is 2.08 bits per heavy atom. The van der Waals surface area contributed by atoms with E-state index in [1.165, 1.54) is 0 Å². The molecule has 1 aromatic carbocycles. The molecule has 0 aliphatic carbocycles. The van der Waals surface area contributed by atoms with Crippen LogP contribution in [0.25, 0.3) is 0 Å². The van der Waals surface area contributed by atoms with Crippen LogP contribution in [0.15, 0.2) is 24.3 Å². The summed E-state index contributed by atoms with van der Waals surface area (Å²) in [5.74, 6) is 0.353. The SMILES string of the molecule is Cc1ccc(OP([O-])[O-])cc1.[Ni+2]. The van der Waals surface area contributed by atoms with Crippen LogP contribution in [0.5, 0.6) is 5.75 Å². The molecule has 0 N–H and O–H groups in total. The van der Waals surface area contributed by atoms with Crippen molar-refractivity contribution in [1.29, 1.82) is 0 Å². The normalized spacial score (nSPS) is 9.33. The Bertz CT molecular complexity index is 225. The average molecular weight is 229 g/mol. The van der Waals surface area contributed by atoms with Crippen molar-refractivity contribution in [3.8, 4) is 5.75 Å². The number of rotatable bonds is 2. The van der Waals surface area contributed by atoms with E-state index in [4.69, 9.17) is 0 Å². The van der Waals surface area contributed by atoms with Gasteiger partial charge in [0.2, 0.25) is 0 Å². The minimum atomic E-state index is -2.79. The van der Waals surface area contributed by atoms with Crippen LogP contribution >= 0.6 is 8.60 Å². The predicted octanol–water partition coefficient (Wildman–Crippen LogP) is 0.319.